The number of nitrogens with two attached hydrogens (primary N) is 1. The first-order valence-electron chi connectivity index (χ1n) is 12.1. The average molecular weight is 437 g/mol. The normalized spacial score (nSPS) is 46.4. The summed E-state index contributed by atoms with van der Waals surface area (Å²) in [4.78, 5) is 25.7. The molecule has 4 rings (SSSR count). The third kappa shape index (κ3) is 3.38. The molecule has 0 saturated heterocycles. The standard InChI is InChI=1S/C24H40N2O5/c1-22-9-6-16(31-21(30)26(3)12-13-27)14-15(22)4-5-18-17(22)7-10-23(2)19(20(28)29)8-11-24(18,23)25/h15-19,27H,4-14,25H2,1-3H3,(H,28,29)/t15?,16?,17-,18-,19?,22+,23-,24-/m1/s1. The van der Waals surface area contributed by atoms with Crippen LogP contribution in [0.4, 0.5) is 4.79 Å². The SMILES string of the molecule is CN(CCO)C(=O)OC1CC[C@@]2(C)C(CC[C@@H]3[C@H]2CC[C@]2(C)C(C(=O)O)CC[C@@]32N)C1. The van der Waals surface area contributed by atoms with Crippen molar-refractivity contribution < 1.29 is 24.5 Å². The average Bonchev–Trinajstić information content (AvgIpc) is 3.00. The van der Waals surface area contributed by atoms with Gasteiger partial charge in [-0.3, -0.25) is 4.79 Å². The molecule has 4 saturated carbocycles. The quantitative estimate of drug-likeness (QED) is 0.623. The van der Waals surface area contributed by atoms with Gasteiger partial charge in [-0.2, -0.15) is 0 Å². The van der Waals surface area contributed by atoms with Crippen LogP contribution < -0.4 is 5.73 Å². The molecule has 176 valence electrons. The van der Waals surface area contributed by atoms with E-state index in [9.17, 15) is 14.7 Å². The van der Waals surface area contributed by atoms with Gasteiger partial charge in [-0.1, -0.05) is 13.8 Å². The molecule has 4 fully saturated rings. The molecule has 0 aromatic heterocycles. The zero-order chi connectivity index (χ0) is 22.6. The van der Waals surface area contributed by atoms with Gasteiger partial charge < -0.3 is 25.6 Å². The number of amides is 1. The second kappa shape index (κ2) is 7.91. The number of carboxylic acid groups (broad SMARTS) is 1. The number of aliphatic hydroxyl groups excluding tert-OH is 1. The maximum Gasteiger partial charge on any atom is 0.409 e. The Balaban J connectivity index is 1.48. The third-order valence-corrected chi connectivity index (χ3v) is 10.3. The van der Waals surface area contributed by atoms with Crippen molar-refractivity contribution in [1.29, 1.82) is 0 Å². The Hall–Kier alpha value is -1.34. The lowest BCUT2D eigenvalue weighted by Crippen LogP contribution is -2.66. The van der Waals surface area contributed by atoms with Crippen LogP contribution in [0.2, 0.25) is 0 Å². The smallest absolute Gasteiger partial charge is 0.409 e. The highest BCUT2D eigenvalue weighted by Gasteiger charge is 2.67. The Morgan fingerprint density at radius 3 is 2.48 bits per heavy atom. The largest absolute Gasteiger partial charge is 0.481 e. The second-order valence-corrected chi connectivity index (χ2v) is 11.3. The molecular weight excluding hydrogens is 396 g/mol. The summed E-state index contributed by atoms with van der Waals surface area (Å²) in [6, 6.07) is 0. The number of ether oxygens (including phenoxy) is 1. The van der Waals surface area contributed by atoms with Gasteiger partial charge in [-0.15, -0.1) is 0 Å². The number of carbonyl (C=O) groups excluding carboxylic acids is 1. The minimum atomic E-state index is -0.679. The van der Waals surface area contributed by atoms with Crippen molar-refractivity contribution in [3.63, 3.8) is 0 Å². The first-order chi connectivity index (χ1) is 14.6. The van der Waals surface area contributed by atoms with E-state index >= 15 is 0 Å². The van der Waals surface area contributed by atoms with Gasteiger partial charge >= 0.3 is 12.1 Å². The van der Waals surface area contributed by atoms with Crippen LogP contribution in [0.1, 0.15) is 71.6 Å². The van der Waals surface area contributed by atoms with Crippen molar-refractivity contribution in [2.24, 2.45) is 40.2 Å². The fourth-order valence-electron chi connectivity index (χ4n) is 8.27. The van der Waals surface area contributed by atoms with Crippen LogP contribution in [0.5, 0.6) is 0 Å². The molecule has 0 spiro atoms. The molecule has 4 aliphatic rings. The number of carbonyl (C=O) groups is 2. The van der Waals surface area contributed by atoms with E-state index < -0.39 is 5.97 Å². The van der Waals surface area contributed by atoms with E-state index in [1.54, 1.807) is 7.05 Å². The molecule has 0 radical (unpaired) electrons. The van der Waals surface area contributed by atoms with E-state index in [0.29, 0.717) is 24.2 Å². The maximum atomic E-state index is 12.3. The number of aliphatic hydroxyl groups is 1. The van der Waals surface area contributed by atoms with Crippen molar-refractivity contribution in [1.82, 2.24) is 4.90 Å². The van der Waals surface area contributed by atoms with Crippen LogP contribution in [0.15, 0.2) is 0 Å². The lowest BCUT2D eigenvalue weighted by Gasteiger charge is -2.64. The number of fused-ring (bicyclic) bond motifs is 5. The molecule has 4 aliphatic carbocycles. The summed E-state index contributed by atoms with van der Waals surface area (Å²) in [6.45, 7) is 4.77. The molecule has 31 heavy (non-hydrogen) atoms. The molecule has 0 aromatic rings. The summed E-state index contributed by atoms with van der Waals surface area (Å²) < 4.78 is 5.77. The molecule has 0 aliphatic heterocycles. The first kappa shape index (κ1) is 22.8. The number of likely N-dealkylation sites (N-methyl/N-ethyl adjacent to an activating group) is 1. The van der Waals surface area contributed by atoms with Gasteiger partial charge in [0.05, 0.1) is 12.5 Å². The molecule has 0 bridgehead atoms. The highest BCUT2D eigenvalue weighted by molar-refractivity contribution is 5.72. The predicted octanol–water partition coefficient (Wildman–Crippen LogP) is 3.24. The van der Waals surface area contributed by atoms with Crippen LogP contribution in [0.3, 0.4) is 0 Å². The molecule has 7 nitrogen and oxygen atoms in total. The van der Waals surface area contributed by atoms with E-state index in [1.165, 1.54) is 4.90 Å². The van der Waals surface area contributed by atoms with Gasteiger partial charge in [0, 0.05) is 19.1 Å². The topological polar surface area (TPSA) is 113 Å². The Kier molecular flexibility index (Phi) is 5.83. The zero-order valence-electron chi connectivity index (χ0n) is 19.3. The Bertz CT molecular complexity index is 731. The number of rotatable bonds is 4. The van der Waals surface area contributed by atoms with E-state index in [2.05, 4.69) is 13.8 Å². The minimum Gasteiger partial charge on any atom is -0.481 e. The second-order valence-electron chi connectivity index (χ2n) is 11.3. The van der Waals surface area contributed by atoms with E-state index in [1.807, 2.05) is 0 Å². The molecule has 0 heterocycles. The lowest BCUT2D eigenvalue weighted by atomic mass is 9.42. The van der Waals surface area contributed by atoms with E-state index in [0.717, 1.165) is 51.4 Å². The van der Waals surface area contributed by atoms with Crippen LogP contribution in [-0.4, -0.2) is 59.0 Å². The van der Waals surface area contributed by atoms with Crippen molar-refractivity contribution in [2.45, 2.75) is 83.3 Å². The van der Waals surface area contributed by atoms with Crippen LogP contribution >= 0.6 is 0 Å². The molecule has 3 unspecified atom stereocenters. The lowest BCUT2D eigenvalue weighted by molar-refractivity contribution is -0.157. The number of aliphatic carboxylic acids is 1. The number of hydrogen-bond acceptors (Lipinski definition) is 5. The first-order valence-corrected chi connectivity index (χ1v) is 12.1. The molecule has 7 heteroatoms. The number of nitrogens with zero attached hydrogens (tertiary/aromatic N) is 1. The fraction of sp³-hybridized carbons (Fsp3) is 0.917. The van der Waals surface area contributed by atoms with Crippen molar-refractivity contribution in [3.05, 3.63) is 0 Å². The van der Waals surface area contributed by atoms with Crippen molar-refractivity contribution in [3.8, 4) is 0 Å². The Morgan fingerprint density at radius 1 is 1.06 bits per heavy atom. The summed E-state index contributed by atoms with van der Waals surface area (Å²) >= 11 is 0. The van der Waals surface area contributed by atoms with Gasteiger partial charge in [-0.05, 0) is 86.4 Å². The van der Waals surface area contributed by atoms with Crippen molar-refractivity contribution >= 4 is 12.1 Å². The summed E-state index contributed by atoms with van der Waals surface area (Å²) in [5, 5.41) is 18.9. The zero-order valence-corrected chi connectivity index (χ0v) is 19.3. The van der Waals surface area contributed by atoms with Crippen LogP contribution in [0.25, 0.3) is 0 Å². The Morgan fingerprint density at radius 2 is 1.81 bits per heavy atom. The van der Waals surface area contributed by atoms with Gasteiger partial charge in [0.2, 0.25) is 0 Å². The minimum absolute atomic E-state index is 0.0631. The van der Waals surface area contributed by atoms with Gasteiger partial charge in [0.1, 0.15) is 6.10 Å². The summed E-state index contributed by atoms with van der Waals surface area (Å²) in [6.07, 6.45) is 7.96. The van der Waals surface area contributed by atoms with Gasteiger partial charge in [0.15, 0.2) is 0 Å². The van der Waals surface area contributed by atoms with Crippen molar-refractivity contribution in [2.75, 3.05) is 20.2 Å². The number of carboxylic acids is 1. The van der Waals surface area contributed by atoms with E-state index in [-0.39, 0.29) is 47.6 Å². The highest BCUT2D eigenvalue weighted by atomic mass is 16.6. The third-order valence-electron chi connectivity index (χ3n) is 10.3. The fourth-order valence-corrected chi connectivity index (χ4v) is 8.27. The molecule has 0 aromatic carbocycles. The van der Waals surface area contributed by atoms with Crippen LogP contribution in [-0.2, 0) is 9.53 Å². The molecule has 8 atom stereocenters. The molecular formula is C24H40N2O5. The maximum absolute atomic E-state index is 12.3. The van der Waals surface area contributed by atoms with E-state index in [4.69, 9.17) is 15.6 Å². The number of hydrogen-bond donors (Lipinski definition) is 3. The summed E-state index contributed by atoms with van der Waals surface area (Å²) in [5.74, 6) is 0.405. The van der Waals surface area contributed by atoms with Crippen LogP contribution in [0, 0.1) is 34.5 Å². The molecule has 4 N–H and O–H groups in total. The highest BCUT2D eigenvalue weighted by Crippen LogP contribution is 2.68. The molecule has 1 amide bonds. The Labute approximate surface area is 185 Å². The predicted molar refractivity (Wildman–Crippen MR) is 116 cm³/mol. The summed E-state index contributed by atoms with van der Waals surface area (Å²) in [5.41, 5.74) is 6.64. The van der Waals surface area contributed by atoms with Gasteiger partial charge in [-0.25, -0.2) is 4.79 Å². The monoisotopic (exact) mass is 436 g/mol. The van der Waals surface area contributed by atoms with Gasteiger partial charge in [0.25, 0.3) is 0 Å². The summed E-state index contributed by atoms with van der Waals surface area (Å²) in [7, 11) is 1.66.